The molecule has 25 heavy (non-hydrogen) atoms. The highest BCUT2D eigenvalue weighted by atomic mass is 16.5. The third kappa shape index (κ3) is 3.44. The van der Waals surface area contributed by atoms with Gasteiger partial charge in [-0.15, -0.1) is 0 Å². The first kappa shape index (κ1) is 16.3. The maximum Gasteiger partial charge on any atom is 0.225 e. The molecule has 2 aliphatic rings. The van der Waals surface area contributed by atoms with Gasteiger partial charge in [-0.1, -0.05) is 0 Å². The zero-order valence-electron chi connectivity index (χ0n) is 14.6. The van der Waals surface area contributed by atoms with Crippen LogP contribution in [0.15, 0.2) is 36.9 Å². The second kappa shape index (κ2) is 6.96. The van der Waals surface area contributed by atoms with E-state index < -0.39 is 0 Å². The van der Waals surface area contributed by atoms with Crippen LogP contribution < -0.4 is 9.64 Å². The minimum absolute atomic E-state index is 0.158. The number of nitrogens with zero attached hydrogens (tertiary/aromatic N) is 4. The molecule has 0 aromatic carbocycles. The average Bonchev–Trinajstić information content (AvgIpc) is 3.03. The molecule has 3 heterocycles. The number of hydrogen-bond donors (Lipinski definition) is 0. The Labute approximate surface area is 148 Å². The summed E-state index contributed by atoms with van der Waals surface area (Å²) >= 11 is 0. The first-order chi connectivity index (χ1) is 12.3. The maximum atomic E-state index is 6.31. The molecular formula is C19H24N4O2. The van der Waals surface area contributed by atoms with Crippen LogP contribution in [0.4, 0.5) is 5.95 Å². The molecule has 1 aliphatic carbocycles. The summed E-state index contributed by atoms with van der Waals surface area (Å²) in [5.74, 6) is 1.99. The van der Waals surface area contributed by atoms with Crippen LogP contribution in [-0.4, -0.2) is 46.9 Å². The molecule has 2 aromatic heterocycles. The van der Waals surface area contributed by atoms with E-state index in [-0.39, 0.29) is 5.60 Å². The minimum atomic E-state index is -0.158. The first-order valence-corrected chi connectivity index (χ1v) is 8.96. The fourth-order valence-corrected chi connectivity index (χ4v) is 3.90. The lowest BCUT2D eigenvalue weighted by Gasteiger charge is -2.44. The fraction of sp³-hybridized carbons (Fsp3) is 0.526. The van der Waals surface area contributed by atoms with Crippen molar-refractivity contribution in [3.63, 3.8) is 0 Å². The van der Waals surface area contributed by atoms with Crippen molar-refractivity contribution in [1.82, 2.24) is 15.0 Å². The predicted molar refractivity (Wildman–Crippen MR) is 94.7 cm³/mol. The minimum Gasteiger partial charge on any atom is -0.492 e. The van der Waals surface area contributed by atoms with Gasteiger partial charge in [-0.3, -0.25) is 4.98 Å². The number of pyridine rings is 1. The summed E-state index contributed by atoms with van der Waals surface area (Å²) in [4.78, 5) is 15.4. The zero-order chi connectivity index (χ0) is 17.1. The Morgan fingerprint density at radius 2 is 2.20 bits per heavy atom. The van der Waals surface area contributed by atoms with Gasteiger partial charge in [-0.05, 0) is 43.9 Å². The van der Waals surface area contributed by atoms with Crippen LogP contribution in [-0.2, 0) is 4.74 Å². The van der Waals surface area contributed by atoms with Gasteiger partial charge < -0.3 is 14.4 Å². The molecule has 1 saturated carbocycles. The van der Waals surface area contributed by atoms with Gasteiger partial charge in [0, 0.05) is 31.1 Å². The quantitative estimate of drug-likeness (QED) is 0.853. The van der Waals surface area contributed by atoms with E-state index in [0.717, 1.165) is 43.2 Å². The van der Waals surface area contributed by atoms with Crippen molar-refractivity contribution in [2.45, 2.75) is 31.8 Å². The summed E-state index contributed by atoms with van der Waals surface area (Å²) < 4.78 is 12.3. The van der Waals surface area contributed by atoms with Crippen LogP contribution in [0.3, 0.4) is 0 Å². The Morgan fingerprint density at radius 3 is 3.00 bits per heavy atom. The van der Waals surface area contributed by atoms with Gasteiger partial charge in [-0.25, -0.2) is 9.97 Å². The number of hydrogen-bond acceptors (Lipinski definition) is 6. The molecule has 0 radical (unpaired) electrons. The third-order valence-electron chi connectivity index (χ3n) is 5.24. The van der Waals surface area contributed by atoms with E-state index in [9.17, 15) is 0 Å². The highest BCUT2D eigenvalue weighted by Gasteiger charge is 2.47. The van der Waals surface area contributed by atoms with Crippen LogP contribution >= 0.6 is 0 Å². The van der Waals surface area contributed by atoms with E-state index in [1.165, 1.54) is 6.42 Å². The van der Waals surface area contributed by atoms with Crippen molar-refractivity contribution >= 4 is 5.95 Å². The molecule has 132 valence electrons. The molecule has 0 amide bonds. The topological polar surface area (TPSA) is 60.4 Å². The smallest absolute Gasteiger partial charge is 0.225 e. The molecule has 1 spiro atoms. The van der Waals surface area contributed by atoms with Crippen LogP contribution in [0.2, 0.25) is 0 Å². The number of aryl methyl sites for hydroxylation is 1. The second-order valence-corrected chi connectivity index (χ2v) is 6.98. The molecule has 4 rings (SSSR count). The molecule has 0 bridgehead atoms. The monoisotopic (exact) mass is 340 g/mol. The van der Waals surface area contributed by atoms with Crippen molar-refractivity contribution < 1.29 is 9.47 Å². The number of ether oxygens (including phenoxy) is 2. The van der Waals surface area contributed by atoms with E-state index in [1.54, 1.807) is 12.4 Å². The third-order valence-corrected chi connectivity index (χ3v) is 5.24. The van der Waals surface area contributed by atoms with Crippen LogP contribution in [0.5, 0.6) is 5.75 Å². The Kier molecular flexibility index (Phi) is 4.53. The van der Waals surface area contributed by atoms with E-state index in [4.69, 9.17) is 9.47 Å². The lowest BCUT2D eigenvalue weighted by Crippen LogP contribution is -2.55. The van der Waals surface area contributed by atoms with Crippen molar-refractivity contribution in [2.24, 2.45) is 5.92 Å². The highest BCUT2D eigenvalue weighted by Crippen LogP contribution is 2.41. The average molecular weight is 340 g/mol. The lowest BCUT2D eigenvalue weighted by atomic mass is 9.89. The van der Waals surface area contributed by atoms with Crippen molar-refractivity contribution in [1.29, 1.82) is 0 Å². The molecule has 2 fully saturated rings. The molecule has 0 N–H and O–H groups in total. The predicted octanol–water partition coefficient (Wildman–Crippen LogP) is 2.63. The standard InChI is InChI=1S/C19H24N4O2/c1-15-10-21-18(22-11-15)23-8-9-25-19(14-23)6-2-4-16(19)13-24-17-5-3-7-20-12-17/h3,5,7,10-12,16H,2,4,6,8-9,13-14H2,1H3/t16-,19+/m0/s1. The summed E-state index contributed by atoms with van der Waals surface area (Å²) in [6.07, 6.45) is 10.6. The fourth-order valence-electron chi connectivity index (χ4n) is 3.90. The zero-order valence-corrected chi connectivity index (χ0v) is 14.6. The normalized spacial score (nSPS) is 26.1. The summed E-state index contributed by atoms with van der Waals surface area (Å²) in [7, 11) is 0. The molecule has 2 atom stereocenters. The molecular weight excluding hydrogens is 316 g/mol. The van der Waals surface area contributed by atoms with Gasteiger partial charge in [-0.2, -0.15) is 0 Å². The molecule has 2 aromatic rings. The highest BCUT2D eigenvalue weighted by molar-refractivity contribution is 5.32. The Hall–Kier alpha value is -2.21. The van der Waals surface area contributed by atoms with Gasteiger partial charge in [0.2, 0.25) is 5.95 Å². The van der Waals surface area contributed by atoms with E-state index >= 15 is 0 Å². The molecule has 1 aliphatic heterocycles. The molecule has 6 nitrogen and oxygen atoms in total. The van der Waals surface area contributed by atoms with Crippen LogP contribution in [0, 0.1) is 12.8 Å². The first-order valence-electron chi connectivity index (χ1n) is 8.96. The van der Waals surface area contributed by atoms with Crippen molar-refractivity contribution in [3.8, 4) is 5.75 Å². The Balaban J connectivity index is 1.46. The lowest BCUT2D eigenvalue weighted by molar-refractivity contribution is -0.0897. The molecule has 6 heteroatoms. The van der Waals surface area contributed by atoms with Gasteiger partial charge >= 0.3 is 0 Å². The van der Waals surface area contributed by atoms with E-state index in [1.807, 2.05) is 31.5 Å². The summed E-state index contributed by atoms with van der Waals surface area (Å²) in [6, 6.07) is 3.84. The summed E-state index contributed by atoms with van der Waals surface area (Å²) in [5.41, 5.74) is 0.921. The molecule has 0 unspecified atom stereocenters. The number of anilines is 1. The summed E-state index contributed by atoms with van der Waals surface area (Å²) in [5, 5.41) is 0. The van der Waals surface area contributed by atoms with E-state index in [2.05, 4.69) is 19.9 Å². The van der Waals surface area contributed by atoms with Gasteiger partial charge in [0.15, 0.2) is 0 Å². The SMILES string of the molecule is Cc1cnc(N2CCO[C@]3(CCC[C@H]3COc3cccnc3)C2)nc1. The number of aromatic nitrogens is 3. The van der Waals surface area contributed by atoms with Crippen molar-refractivity contribution in [2.75, 3.05) is 31.2 Å². The molecule has 1 saturated heterocycles. The van der Waals surface area contributed by atoms with Gasteiger partial charge in [0.05, 0.1) is 31.6 Å². The Morgan fingerprint density at radius 1 is 1.32 bits per heavy atom. The Bertz CT molecular complexity index is 694. The number of morpholine rings is 1. The number of rotatable bonds is 4. The maximum absolute atomic E-state index is 6.31. The van der Waals surface area contributed by atoms with E-state index in [0.29, 0.717) is 19.1 Å². The summed E-state index contributed by atoms with van der Waals surface area (Å²) in [6.45, 7) is 5.04. The van der Waals surface area contributed by atoms with Crippen molar-refractivity contribution in [3.05, 3.63) is 42.5 Å². The largest absolute Gasteiger partial charge is 0.492 e. The van der Waals surface area contributed by atoms with Gasteiger partial charge in [0.1, 0.15) is 5.75 Å². The van der Waals surface area contributed by atoms with Crippen LogP contribution in [0.1, 0.15) is 24.8 Å². The van der Waals surface area contributed by atoms with Crippen LogP contribution in [0.25, 0.3) is 0 Å². The van der Waals surface area contributed by atoms with Gasteiger partial charge in [0.25, 0.3) is 0 Å². The second-order valence-electron chi connectivity index (χ2n) is 6.98.